The maximum atomic E-state index is 6.47. The van der Waals surface area contributed by atoms with Gasteiger partial charge in [0.05, 0.1) is 14.2 Å². The van der Waals surface area contributed by atoms with E-state index in [9.17, 15) is 0 Å². The van der Waals surface area contributed by atoms with Crippen molar-refractivity contribution in [1.29, 1.82) is 0 Å². The molecule has 0 aliphatic carbocycles. The van der Waals surface area contributed by atoms with Gasteiger partial charge in [0, 0.05) is 44.2 Å². The number of hydrogen-bond donors (Lipinski definition) is 0. The minimum Gasteiger partial charge on any atom is -0.493 e. The van der Waals surface area contributed by atoms with Crippen LogP contribution in [-0.4, -0.2) is 55.4 Å². The maximum absolute atomic E-state index is 6.47. The molecule has 1 heterocycles. The van der Waals surface area contributed by atoms with Gasteiger partial charge in [0.15, 0.2) is 11.5 Å². The highest BCUT2D eigenvalue weighted by Gasteiger charge is 2.33. The van der Waals surface area contributed by atoms with E-state index in [1.54, 1.807) is 20.4 Å². The molecule has 1 aromatic heterocycles. The highest BCUT2D eigenvalue weighted by atomic mass is 35.5. The van der Waals surface area contributed by atoms with E-state index >= 15 is 0 Å². The Morgan fingerprint density at radius 2 is 1.76 bits per heavy atom. The monoisotopic (exact) mass is 471 g/mol. The van der Waals surface area contributed by atoms with E-state index in [2.05, 4.69) is 29.9 Å². The van der Waals surface area contributed by atoms with Crippen LogP contribution in [0, 0.1) is 0 Å². The van der Waals surface area contributed by atoms with Gasteiger partial charge in [-0.25, -0.2) is 4.98 Å². The van der Waals surface area contributed by atoms with E-state index in [1.807, 2.05) is 54.2 Å². The predicted molar refractivity (Wildman–Crippen MR) is 132 cm³/mol. The standard InChI is InChI=1S/C26H34ClN3O3/c1-26(25-28-14-17-30(25)3,21-8-10-22(27)11-9-21)33-18-6-15-29(2)16-13-20-7-12-23(31-4)24(19-20)32-5/h7-12,14,17,19H,6,13,15-16,18H2,1-5H3. The Labute approximate surface area is 202 Å². The molecule has 0 amide bonds. The largest absolute Gasteiger partial charge is 0.493 e. The lowest BCUT2D eigenvalue weighted by Gasteiger charge is -2.30. The molecule has 0 aliphatic heterocycles. The number of halogens is 1. The number of aromatic nitrogens is 2. The Hall–Kier alpha value is -2.54. The third-order valence-electron chi connectivity index (χ3n) is 5.95. The van der Waals surface area contributed by atoms with E-state index < -0.39 is 5.60 Å². The molecule has 0 saturated heterocycles. The van der Waals surface area contributed by atoms with Crippen LogP contribution < -0.4 is 9.47 Å². The molecule has 0 aliphatic rings. The molecule has 2 aromatic carbocycles. The van der Waals surface area contributed by atoms with Crippen LogP contribution in [0.2, 0.25) is 5.02 Å². The molecule has 0 saturated carbocycles. The van der Waals surface area contributed by atoms with Gasteiger partial charge < -0.3 is 23.7 Å². The molecule has 6 nitrogen and oxygen atoms in total. The second-order valence-corrected chi connectivity index (χ2v) is 8.78. The van der Waals surface area contributed by atoms with Gasteiger partial charge in [-0.3, -0.25) is 0 Å². The fourth-order valence-corrected chi connectivity index (χ4v) is 4.07. The molecular formula is C26H34ClN3O3. The predicted octanol–water partition coefficient (Wildman–Crippen LogP) is 4.94. The summed E-state index contributed by atoms with van der Waals surface area (Å²) in [6.07, 6.45) is 5.59. The Morgan fingerprint density at radius 3 is 2.39 bits per heavy atom. The first kappa shape index (κ1) is 25.1. The average molecular weight is 472 g/mol. The molecule has 3 aromatic rings. The molecule has 1 atom stereocenters. The molecule has 178 valence electrons. The number of methoxy groups -OCH3 is 2. The van der Waals surface area contributed by atoms with Gasteiger partial charge in [-0.05, 0) is 62.2 Å². The van der Waals surface area contributed by atoms with Crippen molar-refractivity contribution in [3.05, 3.63) is 76.8 Å². The van der Waals surface area contributed by atoms with Gasteiger partial charge in [-0.15, -0.1) is 0 Å². The highest BCUT2D eigenvalue weighted by Crippen LogP contribution is 2.33. The zero-order chi connectivity index (χ0) is 23.8. The minimum absolute atomic E-state index is 0.618. The Kier molecular flexibility index (Phi) is 8.78. The van der Waals surface area contributed by atoms with Crippen LogP contribution in [0.5, 0.6) is 11.5 Å². The summed E-state index contributed by atoms with van der Waals surface area (Å²) >= 11 is 6.11. The maximum Gasteiger partial charge on any atom is 0.160 e. The molecule has 3 rings (SSSR count). The number of ether oxygens (including phenoxy) is 3. The Balaban J connectivity index is 1.54. The zero-order valence-corrected chi connectivity index (χ0v) is 20.9. The van der Waals surface area contributed by atoms with Crippen molar-refractivity contribution < 1.29 is 14.2 Å². The van der Waals surface area contributed by atoms with E-state index in [1.165, 1.54) is 5.56 Å². The normalized spacial score (nSPS) is 13.2. The molecule has 0 bridgehead atoms. The smallest absolute Gasteiger partial charge is 0.160 e. The first-order valence-electron chi connectivity index (χ1n) is 11.1. The van der Waals surface area contributed by atoms with Crippen LogP contribution in [-0.2, 0) is 23.8 Å². The summed E-state index contributed by atoms with van der Waals surface area (Å²) in [4.78, 5) is 6.89. The molecule has 7 heteroatoms. The van der Waals surface area contributed by atoms with Crippen molar-refractivity contribution in [2.24, 2.45) is 7.05 Å². The molecule has 0 fully saturated rings. The Bertz CT molecular complexity index is 1020. The SMILES string of the molecule is COc1ccc(CCN(C)CCCOC(C)(c2ccc(Cl)cc2)c2nccn2C)cc1OC. The molecule has 0 radical (unpaired) electrons. The summed E-state index contributed by atoms with van der Waals surface area (Å²) in [5, 5.41) is 0.706. The molecule has 1 unspecified atom stereocenters. The van der Waals surface area contributed by atoms with Crippen LogP contribution in [0.4, 0.5) is 0 Å². The summed E-state index contributed by atoms with van der Waals surface area (Å²) in [5.41, 5.74) is 1.60. The fraction of sp³-hybridized carbons (Fsp3) is 0.423. The zero-order valence-electron chi connectivity index (χ0n) is 20.2. The van der Waals surface area contributed by atoms with Crippen molar-refractivity contribution in [3.8, 4) is 11.5 Å². The van der Waals surface area contributed by atoms with E-state index in [4.69, 9.17) is 25.8 Å². The van der Waals surface area contributed by atoms with Gasteiger partial charge in [0.2, 0.25) is 0 Å². The fourth-order valence-electron chi connectivity index (χ4n) is 3.95. The van der Waals surface area contributed by atoms with Crippen molar-refractivity contribution in [2.45, 2.75) is 25.4 Å². The lowest BCUT2D eigenvalue weighted by molar-refractivity contribution is -0.0156. The lowest BCUT2D eigenvalue weighted by atomic mass is 9.94. The second-order valence-electron chi connectivity index (χ2n) is 8.35. The topological polar surface area (TPSA) is 48.8 Å². The van der Waals surface area contributed by atoms with Gasteiger partial charge in [-0.1, -0.05) is 29.8 Å². The Morgan fingerprint density at radius 1 is 1.03 bits per heavy atom. The van der Waals surface area contributed by atoms with Crippen LogP contribution in [0.15, 0.2) is 54.9 Å². The van der Waals surface area contributed by atoms with E-state index in [0.29, 0.717) is 11.6 Å². The number of nitrogens with zero attached hydrogens (tertiary/aromatic N) is 3. The van der Waals surface area contributed by atoms with Crippen LogP contribution in [0.1, 0.15) is 30.3 Å². The number of aryl methyl sites for hydroxylation is 1. The summed E-state index contributed by atoms with van der Waals surface area (Å²) in [7, 11) is 7.44. The van der Waals surface area contributed by atoms with Gasteiger partial charge >= 0.3 is 0 Å². The lowest BCUT2D eigenvalue weighted by Crippen LogP contribution is -2.32. The molecule has 0 N–H and O–H groups in total. The molecular weight excluding hydrogens is 438 g/mol. The molecule has 33 heavy (non-hydrogen) atoms. The van der Waals surface area contributed by atoms with Gasteiger partial charge in [0.25, 0.3) is 0 Å². The molecule has 0 spiro atoms. The first-order chi connectivity index (χ1) is 15.9. The second kappa shape index (κ2) is 11.5. The summed E-state index contributed by atoms with van der Waals surface area (Å²) in [6, 6.07) is 13.9. The van der Waals surface area contributed by atoms with Crippen LogP contribution in [0.3, 0.4) is 0 Å². The van der Waals surface area contributed by atoms with Crippen molar-refractivity contribution in [2.75, 3.05) is 41.0 Å². The quantitative estimate of drug-likeness (QED) is 0.350. The summed E-state index contributed by atoms with van der Waals surface area (Å²) in [6.45, 7) is 4.57. The number of imidazole rings is 1. The van der Waals surface area contributed by atoms with Crippen molar-refractivity contribution in [3.63, 3.8) is 0 Å². The average Bonchev–Trinajstić information content (AvgIpc) is 3.27. The van der Waals surface area contributed by atoms with Crippen LogP contribution >= 0.6 is 11.6 Å². The third-order valence-corrected chi connectivity index (χ3v) is 6.20. The van der Waals surface area contributed by atoms with E-state index in [-0.39, 0.29) is 0 Å². The number of likely N-dealkylation sites (N-methyl/N-ethyl adjacent to an activating group) is 1. The van der Waals surface area contributed by atoms with Crippen molar-refractivity contribution in [1.82, 2.24) is 14.5 Å². The summed E-state index contributed by atoms with van der Waals surface area (Å²) in [5.74, 6) is 2.39. The number of hydrogen-bond acceptors (Lipinski definition) is 5. The number of benzene rings is 2. The van der Waals surface area contributed by atoms with Crippen LogP contribution in [0.25, 0.3) is 0 Å². The summed E-state index contributed by atoms with van der Waals surface area (Å²) < 4.78 is 19.2. The first-order valence-corrected chi connectivity index (χ1v) is 11.5. The third kappa shape index (κ3) is 6.28. The number of rotatable bonds is 12. The minimum atomic E-state index is -0.652. The van der Waals surface area contributed by atoms with Gasteiger partial charge in [0.1, 0.15) is 11.4 Å². The van der Waals surface area contributed by atoms with E-state index in [0.717, 1.165) is 48.8 Å². The van der Waals surface area contributed by atoms with Gasteiger partial charge in [-0.2, -0.15) is 0 Å². The highest BCUT2D eigenvalue weighted by molar-refractivity contribution is 6.30. The van der Waals surface area contributed by atoms with Crippen molar-refractivity contribution >= 4 is 11.6 Å².